The van der Waals surface area contributed by atoms with E-state index in [0.717, 1.165) is 0 Å². The maximum Gasteiger partial charge on any atom is 2.00 e. The van der Waals surface area contributed by atoms with Crippen LogP contribution < -0.4 is 0 Å². The van der Waals surface area contributed by atoms with E-state index in [9.17, 15) is 9.13 Å². The van der Waals surface area contributed by atoms with Crippen LogP contribution in [0.4, 0.5) is 0 Å². The minimum atomic E-state index is -5.05. The molecule has 0 aliphatic carbocycles. The first-order chi connectivity index (χ1) is 3.71. The molecule has 0 fully saturated rings. The Morgan fingerprint density at radius 3 is 1.20 bits per heavy atom. The summed E-state index contributed by atoms with van der Waals surface area (Å²) in [6, 6.07) is 0. The first-order valence-electron chi connectivity index (χ1n) is 1.53. The summed E-state index contributed by atoms with van der Waals surface area (Å²) in [6.45, 7) is 0. The number of phosphoric acid groups is 2. The molecule has 0 saturated carbocycles. The van der Waals surface area contributed by atoms with Gasteiger partial charge >= 0.3 is 64.5 Å². The maximum absolute atomic E-state index is 9.63. The Labute approximate surface area is 99.3 Å². The summed E-state index contributed by atoms with van der Waals surface area (Å²) in [4.78, 5) is 31.0. The molecule has 10 heteroatoms. The van der Waals surface area contributed by atoms with E-state index in [1.54, 1.807) is 0 Å². The van der Waals surface area contributed by atoms with Crippen LogP contribution in [0.15, 0.2) is 0 Å². The second kappa shape index (κ2) is 4.76. The van der Waals surface area contributed by atoms with Gasteiger partial charge in [0.2, 0.25) is 0 Å². The first-order valence-corrected chi connectivity index (χ1v) is 4.59. The van der Waals surface area contributed by atoms with Crippen molar-refractivity contribution in [1.29, 1.82) is 0 Å². The average molecular weight is 317 g/mol. The second-order valence-corrected chi connectivity index (χ2v) is 3.68. The smallest absolute Gasteiger partial charge is 1.00 e. The van der Waals surface area contributed by atoms with E-state index in [4.69, 9.17) is 19.6 Å². The van der Waals surface area contributed by atoms with Crippen molar-refractivity contribution in [3.05, 3.63) is 0 Å². The molecule has 0 spiro atoms. The van der Waals surface area contributed by atoms with E-state index in [0.29, 0.717) is 0 Å². The zero-order valence-corrected chi connectivity index (χ0v) is 10.8. The normalized spacial score (nSPS) is 12.4. The minimum absolute atomic E-state index is 0. The molecule has 7 nitrogen and oxygen atoms in total. The number of hydrogen-bond acceptors (Lipinski definition) is 3. The molecule has 4 N–H and O–H groups in total. The number of hydrogen-bond donors (Lipinski definition) is 4. The van der Waals surface area contributed by atoms with Crippen LogP contribution in [0.5, 0.6) is 0 Å². The maximum atomic E-state index is 9.63. The quantitative estimate of drug-likeness (QED) is 0.381. The molecular weight excluding hydrogens is 311 g/mol. The van der Waals surface area contributed by atoms with Crippen molar-refractivity contribution in [2.75, 3.05) is 0 Å². The van der Waals surface area contributed by atoms with Gasteiger partial charge in [0.1, 0.15) is 0 Å². The molecule has 0 aromatic carbocycles. The molecule has 0 rings (SSSR count). The molecule has 0 aromatic rings. The van der Waals surface area contributed by atoms with Crippen LogP contribution in [-0.4, -0.2) is 68.5 Å². The second-order valence-electron chi connectivity index (χ2n) is 1.06. The van der Waals surface area contributed by atoms with E-state index >= 15 is 0 Å². The van der Waals surface area contributed by atoms with E-state index in [2.05, 4.69) is 4.31 Å². The van der Waals surface area contributed by atoms with E-state index in [1.807, 2.05) is 0 Å². The van der Waals surface area contributed by atoms with E-state index in [1.165, 1.54) is 0 Å². The largest absolute Gasteiger partial charge is 2.00 e. The number of rotatable bonds is 2. The molecule has 0 atom stereocenters. The van der Waals surface area contributed by atoms with Crippen LogP contribution in [-0.2, 0) is 13.4 Å². The Bertz CT molecular complexity index is 160. The summed E-state index contributed by atoms with van der Waals surface area (Å²) in [7, 11) is -10.1. The summed E-state index contributed by atoms with van der Waals surface area (Å²) >= 11 is 0. The standard InChI is InChI=1S/Ba.H4O7P2.2H/c;1-8(2,3)7-9(4,5)6;;/h;(H2,1,2,3)(H2,4,5,6);;/q+2;;2*-1. The van der Waals surface area contributed by atoms with Crippen LogP contribution in [0.1, 0.15) is 2.85 Å². The van der Waals surface area contributed by atoms with Gasteiger partial charge in [-0.2, -0.15) is 4.31 Å². The van der Waals surface area contributed by atoms with Gasteiger partial charge in [-0.25, -0.2) is 9.13 Å². The fourth-order valence-corrected chi connectivity index (χ4v) is 1.25. The molecule has 0 aliphatic rings. The van der Waals surface area contributed by atoms with Gasteiger partial charge in [-0.15, -0.1) is 0 Å². The van der Waals surface area contributed by atoms with Crippen LogP contribution in [0, 0.1) is 0 Å². The monoisotopic (exact) mass is 318 g/mol. The summed E-state index contributed by atoms with van der Waals surface area (Å²) in [5, 5.41) is 0. The average Bonchev–Trinajstić information content (AvgIpc) is 1.14. The van der Waals surface area contributed by atoms with Gasteiger partial charge in [0.25, 0.3) is 0 Å². The molecule has 0 bridgehead atoms. The zero-order chi connectivity index (χ0) is 7.71. The van der Waals surface area contributed by atoms with Crippen LogP contribution >= 0.6 is 15.6 Å². The molecule has 60 valence electrons. The van der Waals surface area contributed by atoms with Gasteiger partial charge in [-0.05, 0) is 0 Å². The molecule has 0 heterocycles. The zero-order valence-electron chi connectivity index (χ0n) is 6.62. The van der Waals surface area contributed by atoms with Crippen LogP contribution in [0.2, 0.25) is 0 Å². The SMILES string of the molecule is O=P(O)(O)OP(=O)(O)O.[Ba+2].[H-].[H-]. The van der Waals surface area contributed by atoms with Crippen molar-refractivity contribution in [3.8, 4) is 0 Å². The summed E-state index contributed by atoms with van der Waals surface area (Å²) in [5.74, 6) is 0. The third-order valence-corrected chi connectivity index (χ3v) is 1.91. The Hall–Kier alpha value is 1.83. The minimum Gasteiger partial charge on any atom is -1.00 e. The summed E-state index contributed by atoms with van der Waals surface area (Å²) < 4.78 is 22.2. The molecule has 0 unspecified atom stereocenters. The van der Waals surface area contributed by atoms with E-state index < -0.39 is 15.6 Å². The fraction of sp³-hybridized carbons (Fsp3) is 0. The molecule has 0 amide bonds. The van der Waals surface area contributed by atoms with Gasteiger partial charge in [0.05, 0.1) is 0 Å². The van der Waals surface area contributed by atoms with Crippen LogP contribution in [0.3, 0.4) is 0 Å². The molecule has 0 aromatic heterocycles. The Kier molecular flexibility index (Phi) is 6.83. The third kappa shape index (κ3) is 12.5. The molecule has 0 radical (unpaired) electrons. The molecule has 0 saturated heterocycles. The molecule has 0 aliphatic heterocycles. The van der Waals surface area contributed by atoms with Crippen molar-refractivity contribution in [1.82, 2.24) is 0 Å². The van der Waals surface area contributed by atoms with Gasteiger partial charge in [0, 0.05) is 0 Å². The van der Waals surface area contributed by atoms with Gasteiger partial charge in [0.15, 0.2) is 0 Å². The fourth-order valence-electron chi connectivity index (χ4n) is 0.139. The predicted molar refractivity (Wildman–Crippen MR) is 33.2 cm³/mol. The molecule has 10 heavy (non-hydrogen) atoms. The van der Waals surface area contributed by atoms with Crippen molar-refractivity contribution >= 4 is 64.5 Å². The predicted octanol–water partition coefficient (Wildman–Crippen LogP) is -0.967. The molecular formula is H6BaO7P2. The van der Waals surface area contributed by atoms with Crippen molar-refractivity contribution in [2.24, 2.45) is 0 Å². The topological polar surface area (TPSA) is 124 Å². The van der Waals surface area contributed by atoms with Gasteiger partial charge < -0.3 is 22.4 Å². The van der Waals surface area contributed by atoms with Gasteiger partial charge in [-0.3, -0.25) is 0 Å². The summed E-state index contributed by atoms with van der Waals surface area (Å²) in [6.07, 6.45) is 0. The summed E-state index contributed by atoms with van der Waals surface area (Å²) in [5.41, 5.74) is 0. The van der Waals surface area contributed by atoms with Crippen molar-refractivity contribution in [3.63, 3.8) is 0 Å². The van der Waals surface area contributed by atoms with Crippen LogP contribution in [0.25, 0.3) is 0 Å². The Morgan fingerprint density at radius 2 is 1.20 bits per heavy atom. The van der Waals surface area contributed by atoms with Crippen molar-refractivity contribution < 1.29 is 35.9 Å². The Balaban J connectivity index is -0.000000107. The third-order valence-electron chi connectivity index (χ3n) is 0.213. The van der Waals surface area contributed by atoms with Gasteiger partial charge in [-0.1, -0.05) is 0 Å². The first kappa shape index (κ1) is 14.4. The Morgan fingerprint density at radius 1 is 1.00 bits per heavy atom. The van der Waals surface area contributed by atoms with E-state index in [-0.39, 0.29) is 51.7 Å². The van der Waals surface area contributed by atoms with Crippen molar-refractivity contribution in [2.45, 2.75) is 0 Å².